The lowest BCUT2D eigenvalue weighted by Gasteiger charge is -2.07. The molecule has 3 rings (SSSR count). The maximum Gasteiger partial charge on any atom is 0.323 e. The molecule has 0 atom stereocenters. The largest absolute Gasteiger partial charge is 0.480 e. The van der Waals surface area contributed by atoms with E-state index in [1.54, 1.807) is 18.2 Å². The highest BCUT2D eigenvalue weighted by molar-refractivity contribution is 5.91. The standard InChI is InChI=1S/C15H11F2N3O2/c16-9-5-4-8(6-10(9)17)15-19-14-11(18)2-1-3-12(14)20(15)7-13(21)22/h1-6H,7,18H2,(H,21,22). The van der Waals surface area contributed by atoms with E-state index in [4.69, 9.17) is 10.8 Å². The first-order valence-electron chi connectivity index (χ1n) is 6.39. The van der Waals surface area contributed by atoms with Crippen LogP contribution in [0.1, 0.15) is 0 Å². The predicted molar refractivity (Wildman–Crippen MR) is 77.1 cm³/mol. The maximum absolute atomic E-state index is 13.4. The highest BCUT2D eigenvalue weighted by Gasteiger charge is 2.17. The third-order valence-corrected chi connectivity index (χ3v) is 3.28. The Hall–Kier alpha value is -2.96. The number of hydrogen-bond acceptors (Lipinski definition) is 3. The summed E-state index contributed by atoms with van der Waals surface area (Å²) in [5.74, 6) is -2.87. The fraction of sp³-hybridized carbons (Fsp3) is 0.0667. The number of halogens is 2. The summed E-state index contributed by atoms with van der Waals surface area (Å²) in [6.07, 6.45) is 0. The first kappa shape index (κ1) is 14.0. The van der Waals surface area contributed by atoms with Crippen molar-refractivity contribution in [1.29, 1.82) is 0 Å². The summed E-state index contributed by atoms with van der Waals surface area (Å²) in [6.45, 7) is -0.367. The Balaban J connectivity index is 2.29. The monoisotopic (exact) mass is 303 g/mol. The van der Waals surface area contributed by atoms with Gasteiger partial charge in [0.05, 0.1) is 11.2 Å². The van der Waals surface area contributed by atoms with Crippen molar-refractivity contribution < 1.29 is 18.7 Å². The van der Waals surface area contributed by atoms with Gasteiger partial charge in [-0.3, -0.25) is 4.79 Å². The van der Waals surface area contributed by atoms with Crippen LogP contribution in [0, 0.1) is 11.6 Å². The molecule has 0 saturated carbocycles. The van der Waals surface area contributed by atoms with Crippen LogP contribution in [0.3, 0.4) is 0 Å². The van der Waals surface area contributed by atoms with E-state index in [1.165, 1.54) is 10.6 Å². The van der Waals surface area contributed by atoms with Crippen molar-refractivity contribution in [3.63, 3.8) is 0 Å². The van der Waals surface area contributed by atoms with Crippen LogP contribution in [0.25, 0.3) is 22.4 Å². The SMILES string of the molecule is Nc1cccc2c1nc(-c1ccc(F)c(F)c1)n2CC(=O)O. The highest BCUT2D eigenvalue weighted by atomic mass is 19.2. The number of carbonyl (C=O) groups is 1. The molecule has 0 aliphatic rings. The molecule has 5 nitrogen and oxygen atoms in total. The number of rotatable bonds is 3. The third-order valence-electron chi connectivity index (χ3n) is 3.28. The van der Waals surface area contributed by atoms with Crippen LogP contribution in [0.2, 0.25) is 0 Å². The number of para-hydroxylation sites is 1. The zero-order chi connectivity index (χ0) is 15.9. The predicted octanol–water partition coefficient (Wildman–Crippen LogP) is 2.65. The number of carboxylic acids is 1. The summed E-state index contributed by atoms with van der Waals surface area (Å²) < 4.78 is 27.9. The first-order chi connectivity index (χ1) is 10.5. The van der Waals surface area contributed by atoms with Crippen LogP contribution >= 0.6 is 0 Å². The van der Waals surface area contributed by atoms with Gasteiger partial charge in [0.25, 0.3) is 0 Å². The number of nitrogens with two attached hydrogens (primary N) is 1. The van der Waals surface area contributed by atoms with E-state index >= 15 is 0 Å². The zero-order valence-electron chi connectivity index (χ0n) is 11.3. The molecule has 0 bridgehead atoms. The van der Waals surface area contributed by atoms with Crippen LogP contribution in [0.5, 0.6) is 0 Å². The minimum atomic E-state index is -1.08. The van der Waals surface area contributed by atoms with Crippen molar-refractivity contribution in [3.05, 3.63) is 48.0 Å². The molecule has 1 heterocycles. The molecule has 3 N–H and O–H groups in total. The fourth-order valence-corrected chi connectivity index (χ4v) is 2.32. The van der Waals surface area contributed by atoms with Crippen molar-refractivity contribution in [1.82, 2.24) is 9.55 Å². The van der Waals surface area contributed by atoms with Gasteiger partial charge in [-0.2, -0.15) is 0 Å². The fourth-order valence-electron chi connectivity index (χ4n) is 2.32. The van der Waals surface area contributed by atoms with Gasteiger partial charge in [-0.05, 0) is 30.3 Å². The zero-order valence-corrected chi connectivity index (χ0v) is 11.3. The summed E-state index contributed by atoms with van der Waals surface area (Å²) in [7, 11) is 0. The lowest BCUT2D eigenvalue weighted by molar-refractivity contribution is -0.137. The number of aromatic nitrogens is 2. The van der Waals surface area contributed by atoms with Gasteiger partial charge in [0, 0.05) is 5.56 Å². The number of anilines is 1. The van der Waals surface area contributed by atoms with Crippen LogP contribution in [-0.2, 0) is 11.3 Å². The second kappa shape index (κ2) is 5.10. The average molecular weight is 303 g/mol. The molecule has 112 valence electrons. The van der Waals surface area contributed by atoms with Crippen molar-refractivity contribution in [3.8, 4) is 11.4 Å². The number of carboxylic acid groups (broad SMARTS) is 1. The average Bonchev–Trinajstić information content (AvgIpc) is 2.82. The number of benzene rings is 2. The van der Waals surface area contributed by atoms with E-state index in [-0.39, 0.29) is 17.9 Å². The molecule has 0 saturated heterocycles. The Morgan fingerprint density at radius 1 is 1.23 bits per heavy atom. The van der Waals surface area contributed by atoms with Crippen molar-refractivity contribution in [2.24, 2.45) is 0 Å². The molecule has 3 aromatic rings. The van der Waals surface area contributed by atoms with Crippen molar-refractivity contribution in [2.75, 3.05) is 5.73 Å². The van der Waals surface area contributed by atoms with Gasteiger partial charge in [0.1, 0.15) is 17.9 Å². The number of fused-ring (bicyclic) bond motifs is 1. The smallest absolute Gasteiger partial charge is 0.323 e. The van der Waals surface area contributed by atoms with E-state index < -0.39 is 17.6 Å². The van der Waals surface area contributed by atoms with Gasteiger partial charge in [0.2, 0.25) is 0 Å². The number of imidazole rings is 1. The molecule has 2 aromatic carbocycles. The summed E-state index contributed by atoms with van der Waals surface area (Å²) in [5, 5.41) is 9.07. The molecule has 0 spiro atoms. The van der Waals surface area contributed by atoms with Gasteiger partial charge in [-0.15, -0.1) is 0 Å². The number of hydrogen-bond donors (Lipinski definition) is 2. The Kier molecular flexibility index (Phi) is 3.25. The number of nitrogens with zero attached hydrogens (tertiary/aromatic N) is 2. The molecule has 0 radical (unpaired) electrons. The second-order valence-electron chi connectivity index (χ2n) is 4.76. The molecule has 0 aliphatic carbocycles. The number of aliphatic carboxylic acids is 1. The second-order valence-corrected chi connectivity index (χ2v) is 4.76. The van der Waals surface area contributed by atoms with Gasteiger partial charge >= 0.3 is 5.97 Å². The summed E-state index contributed by atoms with van der Waals surface area (Å²) in [5.41, 5.74) is 7.43. The minimum absolute atomic E-state index is 0.217. The Morgan fingerprint density at radius 2 is 2.00 bits per heavy atom. The Bertz CT molecular complexity index is 890. The molecule has 7 heteroatoms. The van der Waals surface area contributed by atoms with Gasteiger partial charge in [-0.1, -0.05) is 6.07 Å². The topological polar surface area (TPSA) is 81.1 Å². The molecule has 0 amide bonds. The van der Waals surface area contributed by atoms with Gasteiger partial charge in [0.15, 0.2) is 11.6 Å². The Morgan fingerprint density at radius 3 is 2.68 bits per heavy atom. The minimum Gasteiger partial charge on any atom is -0.480 e. The number of nitrogen functional groups attached to an aromatic ring is 1. The van der Waals surface area contributed by atoms with Crippen molar-refractivity contribution in [2.45, 2.75) is 6.54 Å². The summed E-state index contributed by atoms with van der Waals surface area (Å²) in [4.78, 5) is 15.4. The van der Waals surface area contributed by atoms with Crippen LogP contribution < -0.4 is 5.73 Å². The lowest BCUT2D eigenvalue weighted by atomic mass is 10.2. The van der Waals surface area contributed by atoms with E-state index in [2.05, 4.69) is 4.98 Å². The molecule has 1 aromatic heterocycles. The van der Waals surface area contributed by atoms with Gasteiger partial charge < -0.3 is 15.4 Å². The summed E-state index contributed by atoms with van der Waals surface area (Å²) in [6, 6.07) is 8.27. The quantitative estimate of drug-likeness (QED) is 0.729. The molecular weight excluding hydrogens is 292 g/mol. The van der Waals surface area contributed by atoms with E-state index in [9.17, 15) is 13.6 Å². The van der Waals surface area contributed by atoms with Crippen LogP contribution in [0.4, 0.5) is 14.5 Å². The normalized spacial score (nSPS) is 11.0. The molecule has 0 aliphatic heterocycles. The lowest BCUT2D eigenvalue weighted by Crippen LogP contribution is -2.10. The third kappa shape index (κ3) is 2.26. The van der Waals surface area contributed by atoms with E-state index in [0.29, 0.717) is 16.7 Å². The Labute approximate surface area is 123 Å². The van der Waals surface area contributed by atoms with E-state index in [0.717, 1.165) is 12.1 Å². The van der Waals surface area contributed by atoms with Crippen molar-refractivity contribution >= 4 is 22.7 Å². The highest BCUT2D eigenvalue weighted by Crippen LogP contribution is 2.28. The first-order valence-corrected chi connectivity index (χ1v) is 6.39. The molecular formula is C15H11F2N3O2. The van der Waals surface area contributed by atoms with Gasteiger partial charge in [-0.25, -0.2) is 13.8 Å². The summed E-state index contributed by atoms with van der Waals surface area (Å²) >= 11 is 0. The van der Waals surface area contributed by atoms with E-state index in [1.807, 2.05) is 0 Å². The van der Waals surface area contributed by atoms with Crippen LogP contribution in [-0.4, -0.2) is 20.6 Å². The molecule has 22 heavy (non-hydrogen) atoms. The van der Waals surface area contributed by atoms with Crippen LogP contribution in [0.15, 0.2) is 36.4 Å². The molecule has 0 fully saturated rings. The maximum atomic E-state index is 13.4. The molecule has 0 unspecified atom stereocenters.